The van der Waals surface area contributed by atoms with E-state index in [2.05, 4.69) is 15.9 Å². The van der Waals surface area contributed by atoms with Crippen LogP contribution in [0.1, 0.15) is 5.76 Å². The number of likely N-dealkylation sites (N-methyl/N-ethyl adjacent to an activating group) is 1. The van der Waals surface area contributed by atoms with E-state index in [0.717, 1.165) is 0 Å². The number of carbonyl (C=O) groups is 2. The Morgan fingerprint density at radius 3 is 2.71 bits per heavy atom. The smallest absolute Gasteiger partial charge is 0.329 e. The predicted molar refractivity (Wildman–Crippen MR) is 61.3 cm³/mol. The maximum absolute atomic E-state index is 11.5. The third kappa shape index (κ3) is 5.01. The molecule has 0 unspecified atom stereocenters. The van der Waals surface area contributed by atoms with Crippen molar-refractivity contribution in [3.63, 3.8) is 0 Å². The minimum absolute atomic E-state index is 0.259. The molecule has 0 spiro atoms. The molecule has 0 atom stereocenters. The van der Waals surface area contributed by atoms with E-state index >= 15 is 0 Å². The van der Waals surface area contributed by atoms with Crippen molar-refractivity contribution in [1.29, 1.82) is 0 Å². The van der Waals surface area contributed by atoms with Crippen molar-refractivity contribution in [3.05, 3.63) is 22.6 Å². The van der Waals surface area contributed by atoms with Crippen LogP contribution in [-0.2, 0) is 20.9 Å². The van der Waals surface area contributed by atoms with Gasteiger partial charge in [-0.1, -0.05) is 0 Å². The van der Waals surface area contributed by atoms with Gasteiger partial charge in [0.05, 0.1) is 6.54 Å². The Hall–Kier alpha value is -1.34. The average molecular weight is 306 g/mol. The monoisotopic (exact) mass is 305 g/mol. The number of carboxylic acids is 1. The summed E-state index contributed by atoms with van der Waals surface area (Å²) in [6, 6.07) is 3.47. The molecule has 1 aromatic rings. The Balaban J connectivity index is 2.34. The van der Waals surface area contributed by atoms with Crippen LogP contribution in [0.25, 0.3) is 0 Å². The van der Waals surface area contributed by atoms with Crippen molar-refractivity contribution < 1.29 is 23.8 Å². The van der Waals surface area contributed by atoms with Gasteiger partial charge < -0.3 is 19.2 Å². The summed E-state index contributed by atoms with van der Waals surface area (Å²) in [5.41, 5.74) is 0. The fourth-order valence-electron chi connectivity index (χ4n) is 1.09. The number of carbonyl (C=O) groups excluding carboxylic acids is 1. The molecule has 0 radical (unpaired) electrons. The van der Waals surface area contributed by atoms with Crippen LogP contribution >= 0.6 is 15.9 Å². The van der Waals surface area contributed by atoms with Gasteiger partial charge in [0.25, 0.3) is 0 Å². The second kappa shape index (κ2) is 6.41. The molecule has 0 fully saturated rings. The summed E-state index contributed by atoms with van der Waals surface area (Å²) in [5.74, 6) is -0.778. The molecule has 1 amide bonds. The number of hydrogen-bond donors (Lipinski definition) is 1. The lowest BCUT2D eigenvalue weighted by Gasteiger charge is -2.15. The van der Waals surface area contributed by atoms with Gasteiger partial charge in [-0.15, -0.1) is 0 Å². The van der Waals surface area contributed by atoms with Gasteiger partial charge in [0.2, 0.25) is 5.91 Å². The predicted octanol–water partition coefficient (Wildman–Crippen LogP) is 1.10. The summed E-state index contributed by atoms with van der Waals surface area (Å²) in [5, 5.41) is 8.33. The Morgan fingerprint density at radius 1 is 1.47 bits per heavy atom. The lowest BCUT2D eigenvalue weighted by molar-refractivity contribution is -0.145. The van der Waals surface area contributed by atoms with Crippen LogP contribution in [0.5, 0.6) is 0 Å². The zero-order chi connectivity index (χ0) is 12.8. The summed E-state index contributed by atoms with van der Waals surface area (Å²) < 4.78 is 10.5. The zero-order valence-corrected chi connectivity index (χ0v) is 10.8. The number of ether oxygens (including phenoxy) is 1. The van der Waals surface area contributed by atoms with Crippen molar-refractivity contribution in [2.75, 3.05) is 20.3 Å². The van der Waals surface area contributed by atoms with Gasteiger partial charge in [0, 0.05) is 7.05 Å². The maximum Gasteiger partial charge on any atom is 0.329 e. The van der Waals surface area contributed by atoms with Gasteiger partial charge in [-0.2, -0.15) is 0 Å². The number of furan rings is 1. The van der Waals surface area contributed by atoms with E-state index in [-0.39, 0.29) is 12.5 Å². The molecule has 0 saturated heterocycles. The van der Waals surface area contributed by atoms with Crippen molar-refractivity contribution in [1.82, 2.24) is 4.90 Å². The number of aliphatic carboxylic acids is 1. The fourth-order valence-corrected chi connectivity index (χ4v) is 1.43. The van der Waals surface area contributed by atoms with Crippen LogP contribution in [0, 0.1) is 0 Å². The van der Waals surface area contributed by atoms with Gasteiger partial charge in [0.1, 0.15) is 19.0 Å². The maximum atomic E-state index is 11.5. The van der Waals surface area contributed by atoms with Crippen molar-refractivity contribution in [3.8, 4) is 0 Å². The largest absolute Gasteiger partial charge is 0.480 e. The number of rotatable bonds is 6. The van der Waals surface area contributed by atoms with Crippen LogP contribution < -0.4 is 0 Å². The van der Waals surface area contributed by atoms with Crippen molar-refractivity contribution in [2.24, 2.45) is 0 Å². The quantitative estimate of drug-likeness (QED) is 0.851. The molecule has 0 aromatic carbocycles. The molecule has 1 aromatic heterocycles. The number of nitrogens with zero attached hydrogens (tertiary/aromatic N) is 1. The molecule has 0 saturated carbocycles. The van der Waals surface area contributed by atoms with E-state index in [9.17, 15) is 9.59 Å². The van der Waals surface area contributed by atoms with Crippen LogP contribution in [0.15, 0.2) is 21.2 Å². The molecule has 1 heterocycles. The van der Waals surface area contributed by atoms with Crippen molar-refractivity contribution >= 4 is 27.8 Å². The number of amides is 1. The summed E-state index contributed by atoms with van der Waals surface area (Å²) in [6.07, 6.45) is 0. The summed E-state index contributed by atoms with van der Waals surface area (Å²) in [6.45, 7) is -0.433. The van der Waals surface area contributed by atoms with Crippen LogP contribution in [0.3, 0.4) is 0 Å². The first-order valence-electron chi connectivity index (χ1n) is 4.76. The average Bonchev–Trinajstić information content (AvgIpc) is 2.63. The van der Waals surface area contributed by atoms with Crippen LogP contribution in [0.4, 0.5) is 0 Å². The first kappa shape index (κ1) is 13.7. The molecule has 94 valence electrons. The molecule has 0 aliphatic heterocycles. The lowest BCUT2D eigenvalue weighted by atomic mass is 10.4. The SMILES string of the molecule is CN(Cc1ccc(Br)o1)C(=O)COCC(=O)O. The summed E-state index contributed by atoms with van der Waals surface area (Å²) in [7, 11) is 1.59. The minimum atomic E-state index is -1.10. The van der Waals surface area contributed by atoms with Gasteiger partial charge in [-0.05, 0) is 28.1 Å². The first-order chi connectivity index (χ1) is 7.99. The standard InChI is InChI=1S/C10H12BrNO5/c1-12(4-7-2-3-8(11)17-7)9(13)5-16-6-10(14)15/h2-3H,4-6H2,1H3,(H,14,15). The molecular weight excluding hydrogens is 294 g/mol. The third-order valence-corrected chi connectivity index (χ3v) is 2.32. The van der Waals surface area contributed by atoms with E-state index in [1.54, 1.807) is 19.2 Å². The van der Waals surface area contributed by atoms with Gasteiger partial charge in [-0.3, -0.25) is 4.79 Å². The van der Waals surface area contributed by atoms with E-state index in [1.165, 1.54) is 4.90 Å². The summed E-state index contributed by atoms with van der Waals surface area (Å²) in [4.78, 5) is 23.1. The second-order valence-corrected chi connectivity index (χ2v) is 4.12. The van der Waals surface area contributed by atoms with E-state index in [0.29, 0.717) is 17.0 Å². The van der Waals surface area contributed by atoms with E-state index in [4.69, 9.17) is 14.3 Å². The lowest BCUT2D eigenvalue weighted by Crippen LogP contribution is -2.30. The Morgan fingerprint density at radius 2 is 2.18 bits per heavy atom. The number of halogens is 1. The van der Waals surface area contributed by atoms with Gasteiger partial charge in [-0.25, -0.2) is 4.79 Å². The minimum Gasteiger partial charge on any atom is -0.480 e. The molecule has 6 nitrogen and oxygen atoms in total. The highest BCUT2D eigenvalue weighted by Gasteiger charge is 2.12. The fraction of sp³-hybridized carbons (Fsp3) is 0.400. The van der Waals surface area contributed by atoms with Crippen LogP contribution in [-0.4, -0.2) is 42.1 Å². The van der Waals surface area contributed by atoms with Gasteiger partial charge in [0.15, 0.2) is 4.67 Å². The Labute approximate surface area is 106 Å². The molecule has 0 bridgehead atoms. The topological polar surface area (TPSA) is 80.0 Å². The highest BCUT2D eigenvalue weighted by atomic mass is 79.9. The zero-order valence-electron chi connectivity index (χ0n) is 9.18. The molecule has 1 N–H and O–H groups in total. The Kier molecular flexibility index (Phi) is 5.17. The molecule has 0 aliphatic carbocycles. The normalized spacial score (nSPS) is 10.2. The second-order valence-electron chi connectivity index (χ2n) is 3.34. The third-order valence-electron chi connectivity index (χ3n) is 1.90. The van der Waals surface area contributed by atoms with Crippen LogP contribution in [0.2, 0.25) is 0 Å². The summed E-state index contributed by atoms with van der Waals surface area (Å²) >= 11 is 3.16. The number of hydrogen-bond acceptors (Lipinski definition) is 4. The molecule has 7 heteroatoms. The molecular formula is C10H12BrNO5. The van der Waals surface area contributed by atoms with Crippen molar-refractivity contribution in [2.45, 2.75) is 6.54 Å². The molecule has 1 rings (SSSR count). The molecule has 0 aliphatic rings. The highest BCUT2D eigenvalue weighted by molar-refractivity contribution is 9.10. The first-order valence-corrected chi connectivity index (χ1v) is 5.56. The van der Waals surface area contributed by atoms with E-state index < -0.39 is 12.6 Å². The Bertz CT molecular complexity index is 403. The molecule has 17 heavy (non-hydrogen) atoms. The van der Waals surface area contributed by atoms with E-state index in [1.807, 2.05) is 0 Å². The van der Waals surface area contributed by atoms with Gasteiger partial charge >= 0.3 is 5.97 Å². The number of carboxylic acid groups (broad SMARTS) is 1. The highest BCUT2D eigenvalue weighted by Crippen LogP contribution is 2.15.